The van der Waals surface area contributed by atoms with Gasteiger partial charge in [0.1, 0.15) is 11.6 Å². The van der Waals surface area contributed by atoms with Gasteiger partial charge in [-0.2, -0.15) is 0 Å². The zero-order valence-corrected chi connectivity index (χ0v) is 16.6. The van der Waals surface area contributed by atoms with E-state index < -0.39 is 0 Å². The molecule has 7 heteroatoms. The van der Waals surface area contributed by atoms with Crippen LogP contribution in [0.4, 0.5) is 4.39 Å². The number of aromatic nitrogens is 2. The summed E-state index contributed by atoms with van der Waals surface area (Å²) < 4.78 is 24.3. The summed E-state index contributed by atoms with van der Waals surface area (Å²) in [7, 11) is 1.64. The van der Waals surface area contributed by atoms with Gasteiger partial charge < -0.3 is 14.5 Å². The number of rotatable bonds is 9. The molecule has 0 saturated carbocycles. The first-order valence-corrected chi connectivity index (χ1v) is 9.50. The Hall–Kier alpha value is -3.22. The Labute approximate surface area is 169 Å². The van der Waals surface area contributed by atoms with E-state index in [0.717, 1.165) is 28.9 Å². The summed E-state index contributed by atoms with van der Waals surface area (Å²) in [6.07, 6.45) is 1.90. The molecule has 3 aromatic rings. The average molecular weight is 397 g/mol. The number of ether oxygens (including phenoxy) is 1. The molecule has 3 rings (SSSR count). The van der Waals surface area contributed by atoms with Gasteiger partial charge >= 0.3 is 0 Å². The predicted molar refractivity (Wildman–Crippen MR) is 106 cm³/mol. The Balaban J connectivity index is 1.45. The summed E-state index contributed by atoms with van der Waals surface area (Å²) in [4.78, 5) is 12.1. The minimum Gasteiger partial charge on any atom is -0.496 e. The van der Waals surface area contributed by atoms with E-state index in [9.17, 15) is 9.18 Å². The fourth-order valence-electron chi connectivity index (χ4n) is 2.97. The Morgan fingerprint density at radius 3 is 2.62 bits per heavy atom. The van der Waals surface area contributed by atoms with Crippen molar-refractivity contribution in [2.45, 2.75) is 39.2 Å². The number of para-hydroxylation sites is 1. The standard InChI is InChI=1S/C22H24FN3O3/c1-15-7-9-18(23)13-17(15)14-24-20(27)10-12-22-26-25-21(29-22)11-8-16-5-3-4-6-19(16)28-2/h3-7,9,13H,8,10-12,14H2,1-2H3,(H,24,27). The number of halogens is 1. The first-order chi connectivity index (χ1) is 14.0. The highest BCUT2D eigenvalue weighted by Gasteiger charge is 2.11. The summed E-state index contributed by atoms with van der Waals surface area (Å²) in [5, 5.41) is 10.9. The number of amides is 1. The van der Waals surface area contributed by atoms with Gasteiger partial charge in [0.15, 0.2) is 0 Å². The van der Waals surface area contributed by atoms with Crippen molar-refractivity contribution in [1.29, 1.82) is 0 Å². The van der Waals surface area contributed by atoms with E-state index in [4.69, 9.17) is 9.15 Å². The van der Waals surface area contributed by atoms with Crippen molar-refractivity contribution >= 4 is 5.91 Å². The average Bonchev–Trinajstić information content (AvgIpc) is 3.19. The number of methoxy groups -OCH3 is 1. The van der Waals surface area contributed by atoms with Crippen LogP contribution in [-0.4, -0.2) is 23.2 Å². The second kappa shape index (κ2) is 9.82. The van der Waals surface area contributed by atoms with E-state index in [1.807, 2.05) is 31.2 Å². The van der Waals surface area contributed by atoms with Crippen LogP contribution >= 0.6 is 0 Å². The molecular formula is C22H24FN3O3. The monoisotopic (exact) mass is 397 g/mol. The van der Waals surface area contributed by atoms with Crippen LogP contribution in [0, 0.1) is 12.7 Å². The number of hydrogen-bond donors (Lipinski definition) is 1. The molecule has 0 bridgehead atoms. The van der Waals surface area contributed by atoms with Crippen molar-refractivity contribution in [2.24, 2.45) is 0 Å². The van der Waals surface area contributed by atoms with Gasteiger partial charge in [0.2, 0.25) is 17.7 Å². The maximum Gasteiger partial charge on any atom is 0.220 e. The summed E-state index contributed by atoms with van der Waals surface area (Å²) in [6, 6.07) is 12.3. The van der Waals surface area contributed by atoms with Gasteiger partial charge in [0.05, 0.1) is 7.11 Å². The third-order valence-corrected chi connectivity index (χ3v) is 4.66. The molecule has 1 aromatic heterocycles. The number of benzene rings is 2. The zero-order chi connectivity index (χ0) is 20.6. The quantitative estimate of drug-likeness (QED) is 0.597. The van der Waals surface area contributed by atoms with E-state index >= 15 is 0 Å². The number of nitrogens with one attached hydrogen (secondary N) is 1. The first-order valence-electron chi connectivity index (χ1n) is 9.50. The molecule has 152 valence electrons. The summed E-state index contributed by atoms with van der Waals surface area (Å²) in [5.74, 6) is 1.32. The summed E-state index contributed by atoms with van der Waals surface area (Å²) >= 11 is 0. The van der Waals surface area contributed by atoms with Gasteiger partial charge in [-0.3, -0.25) is 4.79 Å². The zero-order valence-electron chi connectivity index (χ0n) is 16.6. The van der Waals surface area contributed by atoms with Crippen LogP contribution in [-0.2, 0) is 30.6 Å². The molecule has 0 aliphatic rings. The third kappa shape index (κ3) is 5.88. The molecule has 1 N–H and O–H groups in total. The van der Waals surface area contributed by atoms with E-state index in [-0.39, 0.29) is 24.7 Å². The molecule has 0 radical (unpaired) electrons. The van der Waals surface area contributed by atoms with E-state index in [1.54, 1.807) is 13.2 Å². The lowest BCUT2D eigenvalue weighted by atomic mass is 10.1. The number of aryl methyl sites for hydroxylation is 4. The molecule has 29 heavy (non-hydrogen) atoms. The Morgan fingerprint density at radius 1 is 1.07 bits per heavy atom. The van der Waals surface area contributed by atoms with Crippen molar-refractivity contribution in [1.82, 2.24) is 15.5 Å². The van der Waals surface area contributed by atoms with Gasteiger partial charge in [-0.25, -0.2) is 4.39 Å². The Bertz CT molecular complexity index is 971. The Morgan fingerprint density at radius 2 is 1.83 bits per heavy atom. The molecule has 1 heterocycles. The van der Waals surface area contributed by atoms with Crippen LogP contribution in [0.25, 0.3) is 0 Å². The Kier molecular flexibility index (Phi) is 6.94. The summed E-state index contributed by atoms with van der Waals surface area (Å²) in [5.41, 5.74) is 2.76. The molecule has 0 aliphatic heterocycles. The molecule has 0 spiro atoms. The van der Waals surface area contributed by atoms with E-state index in [2.05, 4.69) is 15.5 Å². The van der Waals surface area contributed by atoms with Crippen molar-refractivity contribution < 1.29 is 18.3 Å². The van der Waals surface area contributed by atoms with Crippen LogP contribution in [0.5, 0.6) is 5.75 Å². The topological polar surface area (TPSA) is 77.2 Å². The predicted octanol–water partition coefficient (Wildman–Crippen LogP) is 3.56. The molecule has 0 unspecified atom stereocenters. The first kappa shape index (κ1) is 20.5. The van der Waals surface area contributed by atoms with Crippen molar-refractivity contribution in [3.05, 3.63) is 76.8 Å². The molecule has 0 atom stereocenters. The minimum atomic E-state index is -0.314. The van der Waals surface area contributed by atoms with Crippen LogP contribution in [0.3, 0.4) is 0 Å². The maximum atomic E-state index is 13.3. The normalized spacial score (nSPS) is 10.7. The molecule has 0 saturated heterocycles. The highest BCUT2D eigenvalue weighted by atomic mass is 19.1. The minimum absolute atomic E-state index is 0.151. The van der Waals surface area contributed by atoms with Gasteiger partial charge in [0.25, 0.3) is 0 Å². The van der Waals surface area contributed by atoms with Crippen molar-refractivity contribution in [3.8, 4) is 5.75 Å². The molecule has 6 nitrogen and oxygen atoms in total. The summed E-state index contributed by atoms with van der Waals surface area (Å²) in [6.45, 7) is 2.17. The highest BCUT2D eigenvalue weighted by molar-refractivity contribution is 5.76. The number of hydrogen-bond acceptors (Lipinski definition) is 5. The number of carbonyl (C=O) groups excluding carboxylic acids is 1. The van der Waals surface area contributed by atoms with E-state index in [1.165, 1.54) is 12.1 Å². The van der Waals surface area contributed by atoms with Gasteiger partial charge in [-0.15, -0.1) is 10.2 Å². The maximum absolute atomic E-state index is 13.3. The third-order valence-electron chi connectivity index (χ3n) is 4.66. The molecule has 1 amide bonds. The lowest BCUT2D eigenvalue weighted by Crippen LogP contribution is -2.23. The second-order valence-electron chi connectivity index (χ2n) is 6.75. The van der Waals surface area contributed by atoms with Gasteiger partial charge in [-0.1, -0.05) is 24.3 Å². The lowest BCUT2D eigenvalue weighted by Gasteiger charge is -2.07. The van der Waals surface area contributed by atoms with Crippen molar-refractivity contribution in [2.75, 3.05) is 7.11 Å². The fourth-order valence-corrected chi connectivity index (χ4v) is 2.97. The van der Waals surface area contributed by atoms with Gasteiger partial charge in [0, 0.05) is 25.8 Å². The van der Waals surface area contributed by atoms with Crippen LogP contribution in [0.2, 0.25) is 0 Å². The molecule has 0 aliphatic carbocycles. The van der Waals surface area contributed by atoms with Crippen molar-refractivity contribution in [3.63, 3.8) is 0 Å². The van der Waals surface area contributed by atoms with Crippen LogP contribution < -0.4 is 10.1 Å². The lowest BCUT2D eigenvalue weighted by molar-refractivity contribution is -0.121. The fraction of sp³-hybridized carbons (Fsp3) is 0.318. The van der Waals surface area contributed by atoms with E-state index in [0.29, 0.717) is 24.6 Å². The molecule has 2 aromatic carbocycles. The SMILES string of the molecule is COc1ccccc1CCc1nnc(CCC(=O)NCc2cc(F)ccc2C)o1. The molecule has 0 fully saturated rings. The molecular weight excluding hydrogens is 373 g/mol. The van der Waals surface area contributed by atoms with Crippen LogP contribution in [0.1, 0.15) is 34.9 Å². The second-order valence-corrected chi connectivity index (χ2v) is 6.75. The van der Waals surface area contributed by atoms with Gasteiger partial charge in [-0.05, 0) is 48.2 Å². The smallest absolute Gasteiger partial charge is 0.220 e. The number of nitrogens with zero attached hydrogens (tertiary/aromatic N) is 2. The highest BCUT2D eigenvalue weighted by Crippen LogP contribution is 2.19. The number of carbonyl (C=O) groups is 1. The van der Waals surface area contributed by atoms with Crippen LogP contribution in [0.15, 0.2) is 46.9 Å². The largest absolute Gasteiger partial charge is 0.496 e.